The standard InChI is InChI=1S/C15H24ClN3/c1-15(2,3)19-8-6-18(7-9-19)11-12-10-13(16)4-5-14(12)17/h4-5,10H,6-9,11,17H2,1-3H3. The van der Waals surface area contributed by atoms with E-state index in [2.05, 4.69) is 30.6 Å². The van der Waals surface area contributed by atoms with E-state index in [4.69, 9.17) is 17.3 Å². The first-order valence-corrected chi connectivity index (χ1v) is 7.25. The minimum atomic E-state index is 0.265. The number of nitrogens with two attached hydrogens (primary N) is 1. The van der Waals surface area contributed by atoms with Gasteiger partial charge >= 0.3 is 0 Å². The van der Waals surface area contributed by atoms with Gasteiger partial charge in [-0.2, -0.15) is 0 Å². The van der Waals surface area contributed by atoms with Crippen LogP contribution in [0.25, 0.3) is 0 Å². The summed E-state index contributed by atoms with van der Waals surface area (Å²) in [5.41, 5.74) is 8.24. The van der Waals surface area contributed by atoms with E-state index in [9.17, 15) is 0 Å². The van der Waals surface area contributed by atoms with E-state index in [1.54, 1.807) is 0 Å². The average molecular weight is 282 g/mol. The maximum atomic E-state index is 6.04. The lowest BCUT2D eigenvalue weighted by molar-refractivity contribution is 0.0592. The molecule has 1 fully saturated rings. The van der Waals surface area contributed by atoms with Gasteiger partial charge in [0.2, 0.25) is 0 Å². The van der Waals surface area contributed by atoms with Gasteiger partial charge in [-0.15, -0.1) is 0 Å². The van der Waals surface area contributed by atoms with Gasteiger partial charge in [0, 0.05) is 49.0 Å². The zero-order chi connectivity index (χ0) is 14.0. The molecule has 1 aliphatic rings. The molecule has 0 atom stereocenters. The highest BCUT2D eigenvalue weighted by atomic mass is 35.5. The van der Waals surface area contributed by atoms with Crippen LogP contribution in [0.15, 0.2) is 18.2 Å². The summed E-state index contributed by atoms with van der Waals surface area (Å²) in [4.78, 5) is 4.98. The number of piperazine rings is 1. The van der Waals surface area contributed by atoms with Crippen LogP contribution in [0.2, 0.25) is 5.02 Å². The molecule has 1 heterocycles. The second-order valence-electron chi connectivity index (χ2n) is 6.28. The van der Waals surface area contributed by atoms with Crippen molar-refractivity contribution in [2.24, 2.45) is 0 Å². The highest BCUT2D eigenvalue weighted by molar-refractivity contribution is 6.30. The molecule has 0 bridgehead atoms. The maximum Gasteiger partial charge on any atom is 0.0410 e. The van der Waals surface area contributed by atoms with Crippen LogP contribution in [0, 0.1) is 0 Å². The van der Waals surface area contributed by atoms with Crippen LogP contribution < -0.4 is 5.73 Å². The molecule has 2 N–H and O–H groups in total. The Hall–Kier alpha value is -0.770. The molecule has 4 heteroatoms. The van der Waals surface area contributed by atoms with E-state index in [-0.39, 0.29) is 5.54 Å². The predicted octanol–water partition coefficient (Wildman–Crippen LogP) is 2.84. The summed E-state index contributed by atoms with van der Waals surface area (Å²) in [6.45, 7) is 12.1. The molecule has 19 heavy (non-hydrogen) atoms. The van der Waals surface area contributed by atoms with E-state index in [1.807, 2.05) is 18.2 Å². The molecule has 1 aromatic carbocycles. The van der Waals surface area contributed by atoms with Crippen molar-refractivity contribution >= 4 is 17.3 Å². The number of halogens is 1. The number of benzene rings is 1. The van der Waals surface area contributed by atoms with Crippen molar-refractivity contribution in [2.45, 2.75) is 32.9 Å². The molecule has 0 aliphatic carbocycles. The highest BCUT2D eigenvalue weighted by Crippen LogP contribution is 2.21. The number of anilines is 1. The summed E-state index contributed by atoms with van der Waals surface area (Å²) < 4.78 is 0. The summed E-state index contributed by atoms with van der Waals surface area (Å²) in [5.74, 6) is 0. The monoisotopic (exact) mass is 281 g/mol. The Kier molecular flexibility index (Phi) is 4.39. The smallest absolute Gasteiger partial charge is 0.0410 e. The van der Waals surface area contributed by atoms with Crippen molar-refractivity contribution in [2.75, 3.05) is 31.9 Å². The van der Waals surface area contributed by atoms with Crippen LogP contribution in [-0.4, -0.2) is 41.5 Å². The molecule has 1 aliphatic heterocycles. The fourth-order valence-electron chi connectivity index (χ4n) is 2.53. The summed E-state index contributed by atoms with van der Waals surface area (Å²) >= 11 is 6.04. The van der Waals surface area contributed by atoms with Crippen LogP contribution >= 0.6 is 11.6 Å². The van der Waals surface area contributed by atoms with Gasteiger partial charge in [-0.05, 0) is 44.5 Å². The van der Waals surface area contributed by atoms with E-state index in [0.29, 0.717) is 0 Å². The van der Waals surface area contributed by atoms with E-state index >= 15 is 0 Å². The second kappa shape index (κ2) is 5.70. The van der Waals surface area contributed by atoms with Gasteiger partial charge in [-0.3, -0.25) is 9.80 Å². The number of hydrogen-bond donors (Lipinski definition) is 1. The molecule has 0 aromatic heterocycles. The van der Waals surface area contributed by atoms with Gasteiger partial charge in [-0.25, -0.2) is 0 Å². The third-order valence-corrected chi connectivity index (χ3v) is 4.06. The third-order valence-electron chi connectivity index (χ3n) is 3.82. The van der Waals surface area contributed by atoms with Crippen LogP contribution in [0.1, 0.15) is 26.3 Å². The molecule has 2 rings (SSSR count). The number of nitrogens with zero attached hydrogens (tertiary/aromatic N) is 2. The number of rotatable bonds is 2. The Labute approximate surface area is 121 Å². The van der Waals surface area contributed by atoms with Gasteiger partial charge in [0.1, 0.15) is 0 Å². The van der Waals surface area contributed by atoms with Crippen molar-refractivity contribution in [1.82, 2.24) is 9.80 Å². The fraction of sp³-hybridized carbons (Fsp3) is 0.600. The average Bonchev–Trinajstić information content (AvgIpc) is 2.33. The summed E-state index contributed by atoms with van der Waals surface area (Å²) in [6, 6.07) is 5.72. The molecule has 0 unspecified atom stereocenters. The van der Waals surface area contributed by atoms with Gasteiger partial charge in [-0.1, -0.05) is 11.6 Å². The molecular formula is C15H24ClN3. The van der Waals surface area contributed by atoms with Crippen molar-refractivity contribution in [1.29, 1.82) is 0 Å². The zero-order valence-electron chi connectivity index (χ0n) is 12.1. The number of hydrogen-bond acceptors (Lipinski definition) is 3. The van der Waals surface area contributed by atoms with E-state index < -0.39 is 0 Å². The van der Waals surface area contributed by atoms with Crippen molar-refractivity contribution < 1.29 is 0 Å². The molecule has 1 saturated heterocycles. The first-order chi connectivity index (χ1) is 8.86. The number of nitrogen functional groups attached to an aromatic ring is 1. The molecule has 0 radical (unpaired) electrons. The van der Waals surface area contributed by atoms with Gasteiger partial charge in [0.05, 0.1) is 0 Å². The van der Waals surface area contributed by atoms with Crippen LogP contribution in [-0.2, 0) is 6.54 Å². The van der Waals surface area contributed by atoms with Crippen molar-refractivity contribution in [3.8, 4) is 0 Å². The summed E-state index contributed by atoms with van der Waals surface area (Å²) in [6.07, 6.45) is 0. The second-order valence-corrected chi connectivity index (χ2v) is 6.71. The lowest BCUT2D eigenvalue weighted by Gasteiger charge is -2.42. The van der Waals surface area contributed by atoms with Crippen molar-refractivity contribution in [3.05, 3.63) is 28.8 Å². The Balaban J connectivity index is 1.94. The SMILES string of the molecule is CC(C)(C)N1CCN(Cc2cc(Cl)ccc2N)CC1. The largest absolute Gasteiger partial charge is 0.398 e. The minimum Gasteiger partial charge on any atom is -0.398 e. The van der Waals surface area contributed by atoms with Gasteiger partial charge < -0.3 is 5.73 Å². The van der Waals surface area contributed by atoms with Gasteiger partial charge in [0.15, 0.2) is 0 Å². The fourth-order valence-corrected chi connectivity index (χ4v) is 2.72. The van der Waals surface area contributed by atoms with Crippen LogP contribution in [0.3, 0.4) is 0 Å². The molecule has 0 amide bonds. The maximum absolute atomic E-state index is 6.04. The summed E-state index contributed by atoms with van der Waals surface area (Å²) in [7, 11) is 0. The predicted molar refractivity (Wildman–Crippen MR) is 82.5 cm³/mol. The molecule has 0 saturated carbocycles. The third kappa shape index (κ3) is 3.85. The van der Waals surface area contributed by atoms with Crippen molar-refractivity contribution in [3.63, 3.8) is 0 Å². The quantitative estimate of drug-likeness (QED) is 0.846. The lowest BCUT2D eigenvalue weighted by atomic mass is 10.0. The summed E-state index contributed by atoms with van der Waals surface area (Å²) in [5, 5.41) is 0.762. The zero-order valence-corrected chi connectivity index (χ0v) is 12.9. The Morgan fingerprint density at radius 1 is 1.16 bits per heavy atom. The molecule has 106 valence electrons. The first-order valence-electron chi connectivity index (χ1n) is 6.87. The molecular weight excluding hydrogens is 258 g/mol. The molecule has 0 spiro atoms. The Bertz CT molecular complexity index is 432. The Morgan fingerprint density at radius 3 is 2.37 bits per heavy atom. The first kappa shape index (κ1) is 14.6. The molecule has 1 aromatic rings. The molecule has 3 nitrogen and oxygen atoms in total. The van der Waals surface area contributed by atoms with E-state index in [1.165, 1.54) is 0 Å². The minimum absolute atomic E-state index is 0.265. The highest BCUT2D eigenvalue weighted by Gasteiger charge is 2.25. The normalized spacial score (nSPS) is 18.7. The van der Waals surface area contributed by atoms with Crippen LogP contribution in [0.5, 0.6) is 0 Å². The van der Waals surface area contributed by atoms with Crippen LogP contribution in [0.4, 0.5) is 5.69 Å². The Morgan fingerprint density at radius 2 is 1.79 bits per heavy atom. The topological polar surface area (TPSA) is 32.5 Å². The van der Waals surface area contributed by atoms with Gasteiger partial charge in [0.25, 0.3) is 0 Å². The lowest BCUT2D eigenvalue weighted by Crippen LogP contribution is -2.53. The van der Waals surface area contributed by atoms with E-state index in [0.717, 1.165) is 49.0 Å².